The van der Waals surface area contributed by atoms with Crippen LogP contribution in [0.1, 0.15) is 65.7 Å². The lowest BCUT2D eigenvalue weighted by molar-refractivity contribution is -0.141. The summed E-state index contributed by atoms with van der Waals surface area (Å²) in [6.45, 7) is 7.82. The first kappa shape index (κ1) is 30.7. The molecular weight excluding hydrogens is 575 g/mol. The van der Waals surface area contributed by atoms with E-state index in [1.165, 1.54) is 4.90 Å². The SMILES string of the molecule is Cc1nsc(Nc2cncc(C(F)(F)F)n2)c1C(=O)Nc1ccc(C(=O)NC2CCN(C(=O)O)C(C(C)(C)C)C2)cc1. The van der Waals surface area contributed by atoms with Crippen LogP contribution in [0.15, 0.2) is 36.7 Å². The lowest BCUT2D eigenvalue weighted by Crippen LogP contribution is -2.56. The van der Waals surface area contributed by atoms with Crippen LogP contribution in [0.5, 0.6) is 0 Å². The second kappa shape index (κ2) is 11.9. The first-order chi connectivity index (χ1) is 19.6. The average Bonchev–Trinajstić information content (AvgIpc) is 3.27. The number of nitrogens with one attached hydrogen (secondary N) is 3. The highest BCUT2D eigenvalue weighted by molar-refractivity contribution is 7.10. The van der Waals surface area contributed by atoms with Crippen molar-refractivity contribution in [2.75, 3.05) is 17.2 Å². The molecule has 4 N–H and O–H groups in total. The first-order valence-electron chi connectivity index (χ1n) is 13.0. The van der Waals surface area contributed by atoms with Crippen molar-refractivity contribution < 1.29 is 32.7 Å². The molecule has 0 spiro atoms. The number of hydrogen-bond acceptors (Lipinski definition) is 8. The third-order valence-corrected chi connectivity index (χ3v) is 7.70. The molecule has 0 aliphatic carbocycles. The number of likely N-dealkylation sites (tertiary alicyclic amines) is 1. The van der Waals surface area contributed by atoms with Gasteiger partial charge in [0.1, 0.15) is 10.8 Å². The Morgan fingerprint density at radius 1 is 1.07 bits per heavy atom. The number of aryl methyl sites for hydroxylation is 1. The van der Waals surface area contributed by atoms with Gasteiger partial charge in [-0.25, -0.2) is 9.78 Å². The molecule has 1 saturated heterocycles. The number of hydrogen-bond donors (Lipinski definition) is 4. The molecule has 3 amide bonds. The summed E-state index contributed by atoms with van der Waals surface area (Å²) in [5, 5.41) is 18.1. The second-order valence-electron chi connectivity index (χ2n) is 11.0. The molecule has 2 atom stereocenters. The first-order valence-corrected chi connectivity index (χ1v) is 13.7. The summed E-state index contributed by atoms with van der Waals surface area (Å²) in [5.74, 6) is -1.07. The van der Waals surface area contributed by atoms with Gasteiger partial charge in [-0.05, 0) is 61.0 Å². The molecule has 224 valence electrons. The third-order valence-electron chi connectivity index (χ3n) is 6.84. The number of carbonyl (C=O) groups excluding carboxylic acids is 2. The van der Waals surface area contributed by atoms with Gasteiger partial charge in [0.15, 0.2) is 5.69 Å². The summed E-state index contributed by atoms with van der Waals surface area (Å²) in [4.78, 5) is 46.2. The van der Waals surface area contributed by atoms with Crippen molar-refractivity contribution >= 4 is 45.9 Å². The Bertz CT molecular complexity index is 1470. The maximum absolute atomic E-state index is 13.1. The Morgan fingerprint density at radius 2 is 1.76 bits per heavy atom. The number of nitrogens with zero attached hydrogens (tertiary/aromatic N) is 4. The minimum absolute atomic E-state index is 0.127. The van der Waals surface area contributed by atoms with Gasteiger partial charge in [-0.2, -0.15) is 17.5 Å². The molecular formula is C27H30F3N7O4S. The summed E-state index contributed by atoms with van der Waals surface area (Å²) in [7, 11) is 0. The van der Waals surface area contributed by atoms with Gasteiger partial charge in [0, 0.05) is 29.9 Å². The van der Waals surface area contributed by atoms with Crippen LogP contribution in [0.4, 0.5) is 34.5 Å². The molecule has 1 fully saturated rings. The standard InChI is InChI=1S/C27H30F3N7O4S/c1-14-21(24(42-36-14)35-20-13-31-12-18(34-20)27(28,29)30)23(39)32-16-7-5-15(6-8-16)22(38)33-17-9-10-37(25(40)41)19(11-17)26(2,3)4/h5-8,12-13,17,19H,9-11H2,1-4H3,(H,32,39)(H,33,38)(H,34,35)(H,40,41). The molecule has 0 bridgehead atoms. The van der Waals surface area contributed by atoms with Gasteiger partial charge in [-0.15, -0.1) is 0 Å². The van der Waals surface area contributed by atoms with Crippen LogP contribution in [0.2, 0.25) is 0 Å². The minimum Gasteiger partial charge on any atom is -0.465 e. The van der Waals surface area contributed by atoms with Gasteiger partial charge in [-0.1, -0.05) is 20.8 Å². The molecule has 42 heavy (non-hydrogen) atoms. The molecule has 15 heteroatoms. The Kier molecular flexibility index (Phi) is 8.71. The number of halogens is 3. The van der Waals surface area contributed by atoms with Crippen molar-refractivity contribution in [2.24, 2.45) is 5.41 Å². The number of rotatable bonds is 6. The van der Waals surface area contributed by atoms with Gasteiger partial charge < -0.3 is 26.0 Å². The van der Waals surface area contributed by atoms with E-state index in [9.17, 15) is 32.7 Å². The topological polar surface area (TPSA) is 149 Å². The number of alkyl halides is 3. The molecule has 1 aliphatic rings. The van der Waals surface area contributed by atoms with E-state index in [0.717, 1.165) is 17.7 Å². The van der Waals surface area contributed by atoms with E-state index in [2.05, 4.69) is 30.3 Å². The number of carbonyl (C=O) groups is 3. The van der Waals surface area contributed by atoms with Gasteiger partial charge in [0.2, 0.25) is 0 Å². The van der Waals surface area contributed by atoms with Crippen LogP contribution in [0.25, 0.3) is 0 Å². The van der Waals surface area contributed by atoms with Gasteiger partial charge in [0.05, 0.1) is 23.7 Å². The number of aromatic nitrogens is 3. The summed E-state index contributed by atoms with van der Waals surface area (Å²) in [6.07, 6.45) is -2.95. The molecule has 11 nitrogen and oxygen atoms in total. The number of amides is 3. The molecule has 2 unspecified atom stereocenters. The summed E-state index contributed by atoms with van der Waals surface area (Å²) in [6, 6.07) is 5.76. The molecule has 0 saturated carbocycles. The Balaban J connectivity index is 1.40. The van der Waals surface area contributed by atoms with E-state index < -0.39 is 23.9 Å². The van der Waals surface area contributed by atoms with Crippen molar-refractivity contribution in [3.63, 3.8) is 0 Å². The molecule has 1 aromatic carbocycles. The van der Waals surface area contributed by atoms with Crippen molar-refractivity contribution in [3.8, 4) is 0 Å². The van der Waals surface area contributed by atoms with Crippen LogP contribution < -0.4 is 16.0 Å². The smallest absolute Gasteiger partial charge is 0.434 e. The zero-order valence-corrected chi connectivity index (χ0v) is 24.1. The fraction of sp³-hybridized carbons (Fsp3) is 0.407. The van der Waals surface area contributed by atoms with E-state index in [1.807, 2.05) is 20.8 Å². The summed E-state index contributed by atoms with van der Waals surface area (Å²) < 4.78 is 43.1. The predicted molar refractivity (Wildman–Crippen MR) is 150 cm³/mol. The van der Waals surface area contributed by atoms with E-state index in [1.54, 1.807) is 31.2 Å². The highest BCUT2D eigenvalue weighted by Crippen LogP contribution is 2.33. The third kappa shape index (κ3) is 7.13. The normalized spacial score (nSPS) is 17.5. The maximum Gasteiger partial charge on any atom is 0.434 e. The van der Waals surface area contributed by atoms with E-state index in [4.69, 9.17) is 0 Å². The zero-order valence-electron chi connectivity index (χ0n) is 23.2. The van der Waals surface area contributed by atoms with Crippen LogP contribution in [-0.2, 0) is 6.18 Å². The number of benzene rings is 1. The van der Waals surface area contributed by atoms with Crippen LogP contribution >= 0.6 is 11.5 Å². The summed E-state index contributed by atoms with van der Waals surface area (Å²) in [5.41, 5.74) is -0.244. The molecule has 1 aliphatic heterocycles. The zero-order chi connectivity index (χ0) is 30.8. The number of anilines is 3. The van der Waals surface area contributed by atoms with Crippen LogP contribution in [0, 0.1) is 12.3 Å². The largest absolute Gasteiger partial charge is 0.465 e. The van der Waals surface area contributed by atoms with E-state index >= 15 is 0 Å². The quantitative estimate of drug-likeness (QED) is 0.286. The fourth-order valence-corrected chi connectivity index (χ4v) is 5.52. The molecule has 4 rings (SSSR count). The fourth-order valence-electron chi connectivity index (χ4n) is 4.72. The van der Waals surface area contributed by atoms with E-state index in [0.29, 0.717) is 42.5 Å². The molecule has 3 aromatic rings. The van der Waals surface area contributed by atoms with Gasteiger partial charge in [0.25, 0.3) is 11.8 Å². The highest BCUT2D eigenvalue weighted by atomic mass is 32.1. The van der Waals surface area contributed by atoms with E-state index in [-0.39, 0.29) is 39.8 Å². The van der Waals surface area contributed by atoms with Crippen LogP contribution in [-0.4, -0.2) is 60.9 Å². The monoisotopic (exact) mass is 605 g/mol. The lowest BCUT2D eigenvalue weighted by atomic mass is 9.79. The highest BCUT2D eigenvalue weighted by Gasteiger charge is 2.39. The van der Waals surface area contributed by atoms with Gasteiger partial charge >= 0.3 is 12.3 Å². The predicted octanol–water partition coefficient (Wildman–Crippen LogP) is 5.54. The number of piperidine rings is 1. The average molecular weight is 606 g/mol. The second-order valence-corrected chi connectivity index (χ2v) is 11.7. The van der Waals surface area contributed by atoms with Crippen molar-refractivity contribution in [1.29, 1.82) is 0 Å². The van der Waals surface area contributed by atoms with Crippen molar-refractivity contribution in [3.05, 3.63) is 59.2 Å². The Hall–Kier alpha value is -4.27. The Morgan fingerprint density at radius 3 is 2.38 bits per heavy atom. The molecule has 0 radical (unpaired) electrons. The molecule has 3 heterocycles. The number of carboxylic acid groups (broad SMARTS) is 1. The minimum atomic E-state index is -4.68. The lowest BCUT2D eigenvalue weighted by Gasteiger charge is -2.44. The van der Waals surface area contributed by atoms with Crippen LogP contribution in [0.3, 0.4) is 0 Å². The molecule has 2 aromatic heterocycles. The summed E-state index contributed by atoms with van der Waals surface area (Å²) >= 11 is 0.890. The maximum atomic E-state index is 13.1. The van der Waals surface area contributed by atoms with Gasteiger partial charge in [-0.3, -0.25) is 14.6 Å². The van der Waals surface area contributed by atoms with Crippen molar-refractivity contribution in [2.45, 2.75) is 58.8 Å². The van der Waals surface area contributed by atoms with Crippen molar-refractivity contribution in [1.82, 2.24) is 24.6 Å². The Labute approximate surface area is 243 Å².